The van der Waals surface area contributed by atoms with E-state index in [9.17, 15) is 4.79 Å². The number of aromatic amines is 1. The molecule has 3 rings (SSSR count). The molecule has 1 aromatic heterocycles. The second-order valence-electron chi connectivity index (χ2n) is 5.53. The molecule has 0 bridgehead atoms. The molecule has 1 aliphatic rings. The maximum Gasteiger partial charge on any atom is 0.270 e. The predicted molar refractivity (Wildman–Crippen MR) is 80.6 cm³/mol. The van der Waals surface area contributed by atoms with Crippen molar-refractivity contribution >= 4 is 11.9 Å². The van der Waals surface area contributed by atoms with Gasteiger partial charge in [-0.2, -0.15) is 5.21 Å². The van der Waals surface area contributed by atoms with Crippen LogP contribution < -0.4 is 10.1 Å². The standard InChI is InChI=1S/C15H19N5O2/c21-14(16-15-17-19-20-18-15)12-6-8-13(9-7-12)22-10-11-4-2-1-3-5-11/h6-9,11H,1-5,10H2,(H2,16,17,18,19,20,21). The van der Waals surface area contributed by atoms with Gasteiger partial charge in [-0.25, -0.2) is 0 Å². The van der Waals surface area contributed by atoms with Crippen molar-refractivity contribution in [2.24, 2.45) is 5.92 Å². The van der Waals surface area contributed by atoms with E-state index in [0.29, 0.717) is 11.5 Å². The number of carbonyl (C=O) groups excluding carboxylic acids is 1. The third kappa shape index (κ3) is 3.81. The maximum absolute atomic E-state index is 12.0. The number of nitrogens with one attached hydrogen (secondary N) is 2. The van der Waals surface area contributed by atoms with Crippen LogP contribution in [0.5, 0.6) is 5.75 Å². The van der Waals surface area contributed by atoms with Gasteiger partial charge in [0, 0.05) is 5.56 Å². The Bertz CT molecular complexity index is 591. The van der Waals surface area contributed by atoms with Crippen LogP contribution in [0, 0.1) is 5.92 Å². The normalized spacial score (nSPS) is 15.5. The number of rotatable bonds is 5. The molecule has 1 fully saturated rings. The molecule has 1 aliphatic carbocycles. The Morgan fingerprint density at radius 1 is 1.23 bits per heavy atom. The zero-order chi connectivity index (χ0) is 15.2. The van der Waals surface area contributed by atoms with Gasteiger partial charge < -0.3 is 4.74 Å². The van der Waals surface area contributed by atoms with Crippen molar-refractivity contribution < 1.29 is 9.53 Å². The largest absolute Gasteiger partial charge is 0.493 e. The number of benzene rings is 1. The molecular weight excluding hydrogens is 282 g/mol. The Hall–Kier alpha value is -2.44. The van der Waals surface area contributed by atoms with Gasteiger partial charge in [-0.15, -0.1) is 5.10 Å². The van der Waals surface area contributed by atoms with Gasteiger partial charge in [-0.1, -0.05) is 24.4 Å². The maximum atomic E-state index is 12.0. The Labute approximate surface area is 128 Å². The molecule has 1 saturated carbocycles. The van der Waals surface area contributed by atoms with E-state index in [0.717, 1.165) is 12.4 Å². The van der Waals surface area contributed by atoms with Crippen molar-refractivity contribution in [2.45, 2.75) is 32.1 Å². The van der Waals surface area contributed by atoms with Crippen LogP contribution in [-0.2, 0) is 0 Å². The number of aromatic nitrogens is 4. The lowest BCUT2D eigenvalue weighted by molar-refractivity contribution is 0.102. The first-order valence-electron chi connectivity index (χ1n) is 7.59. The minimum atomic E-state index is -0.278. The van der Waals surface area contributed by atoms with Gasteiger partial charge in [0.15, 0.2) is 0 Å². The fourth-order valence-electron chi connectivity index (χ4n) is 2.66. The summed E-state index contributed by atoms with van der Waals surface area (Å²) in [7, 11) is 0. The number of hydrogen-bond acceptors (Lipinski definition) is 5. The van der Waals surface area contributed by atoms with Gasteiger partial charge in [0.25, 0.3) is 11.9 Å². The highest BCUT2D eigenvalue weighted by Gasteiger charge is 2.14. The Morgan fingerprint density at radius 3 is 2.68 bits per heavy atom. The van der Waals surface area contributed by atoms with Gasteiger partial charge in [0.1, 0.15) is 5.75 Å². The molecule has 0 saturated heterocycles. The number of H-pyrrole nitrogens is 1. The molecule has 0 unspecified atom stereocenters. The third-order valence-electron chi connectivity index (χ3n) is 3.90. The van der Waals surface area contributed by atoms with Crippen LogP contribution in [-0.4, -0.2) is 33.1 Å². The smallest absolute Gasteiger partial charge is 0.270 e. The number of carbonyl (C=O) groups is 1. The van der Waals surface area contributed by atoms with E-state index in [1.165, 1.54) is 32.1 Å². The van der Waals surface area contributed by atoms with E-state index in [1.807, 2.05) is 12.1 Å². The molecular formula is C15H19N5O2. The van der Waals surface area contributed by atoms with E-state index < -0.39 is 0 Å². The van der Waals surface area contributed by atoms with Crippen molar-refractivity contribution in [3.63, 3.8) is 0 Å². The second kappa shape index (κ2) is 7.02. The third-order valence-corrected chi connectivity index (χ3v) is 3.90. The lowest BCUT2D eigenvalue weighted by Crippen LogP contribution is -2.15. The summed E-state index contributed by atoms with van der Waals surface area (Å²) in [5.41, 5.74) is 0.523. The topological polar surface area (TPSA) is 92.8 Å². The van der Waals surface area contributed by atoms with Crippen molar-refractivity contribution in [1.82, 2.24) is 20.6 Å². The van der Waals surface area contributed by atoms with Crippen molar-refractivity contribution in [1.29, 1.82) is 0 Å². The number of anilines is 1. The highest BCUT2D eigenvalue weighted by atomic mass is 16.5. The van der Waals surface area contributed by atoms with Gasteiger partial charge in [0.05, 0.1) is 6.61 Å². The molecule has 0 radical (unpaired) electrons. The quantitative estimate of drug-likeness (QED) is 0.884. The Kier molecular flexibility index (Phi) is 4.62. The van der Waals surface area contributed by atoms with Crippen LogP contribution in [0.3, 0.4) is 0 Å². The molecule has 0 atom stereocenters. The molecule has 2 N–H and O–H groups in total. The molecule has 0 aliphatic heterocycles. The second-order valence-corrected chi connectivity index (χ2v) is 5.53. The molecule has 116 valence electrons. The summed E-state index contributed by atoms with van der Waals surface area (Å²) < 4.78 is 5.81. The van der Waals surface area contributed by atoms with Crippen LogP contribution in [0.1, 0.15) is 42.5 Å². The number of nitrogens with zero attached hydrogens (tertiary/aromatic N) is 3. The molecule has 1 aromatic carbocycles. The molecule has 22 heavy (non-hydrogen) atoms. The van der Waals surface area contributed by atoms with Crippen molar-refractivity contribution in [2.75, 3.05) is 11.9 Å². The minimum absolute atomic E-state index is 0.155. The summed E-state index contributed by atoms with van der Waals surface area (Å²) in [5.74, 6) is 1.33. The fourth-order valence-corrected chi connectivity index (χ4v) is 2.66. The molecule has 0 spiro atoms. The van der Waals surface area contributed by atoms with E-state index in [2.05, 4.69) is 25.9 Å². The first-order valence-corrected chi connectivity index (χ1v) is 7.59. The Morgan fingerprint density at radius 2 is 2.00 bits per heavy atom. The lowest BCUT2D eigenvalue weighted by atomic mass is 9.90. The molecule has 1 amide bonds. The summed E-state index contributed by atoms with van der Waals surface area (Å²) in [6, 6.07) is 7.08. The van der Waals surface area contributed by atoms with Gasteiger partial charge in [-0.05, 0) is 48.2 Å². The van der Waals surface area contributed by atoms with Gasteiger partial charge >= 0.3 is 0 Å². The van der Waals surface area contributed by atoms with Crippen LogP contribution in [0.2, 0.25) is 0 Å². The van der Waals surface area contributed by atoms with Crippen molar-refractivity contribution in [3.8, 4) is 5.75 Å². The number of tetrazole rings is 1. The summed E-state index contributed by atoms with van der Waals surface area (Å²) in [4.78, 5) is 12.0. The highest BCUT2D eigenvalue weighted by molar-refractivity contribution is 6.03. The zero-order valence-corrected chi connectivity index (χ0v) is 12.3. The van der Waals surface area contributed by atoms with Crippen LogP contribution in [0.15, 0.2) is 24.3 Å². The predicted octanol–water partition coefficient (Wildman–Crippen LogP) is 2.41. The molecule has 7 heteroatoms. The minimum Gasteiger partial charge on any atom is -0.493 e. The fraction of sp³-hybridized carbons (Fsp3) is 0.467. The monoisotopic (exact) mass is 301 g/mol. The van der Waals surface area contributed by atoms with Crippen LogP contribution >= 0.6 is 0 Å². The van der Waals surface area contributed by atoms with Gasteiger partial charge in [0.2, 0.25) is 0 Å². The average molecular weight is 301 g/mol. The summed E-state index contributed by atoms with van der Waals surface area (Å²) >= 11 is 0. The molecule has 7 nitrogen and oxygen atoms in total. The first-order chi connectivity index (χ1) is 10.8. The van der Waals surface area contributed by atoms with Crippen molar-refractivity contribution in [3.05, 3.63) is 29.8 Å². The zero-order valence-electron chi connectivity index (χ0n) is 12.3. The van der Waals surface area contributed by atoms with E-state index in [4.69, 9.17) is 4.74 Å². The number of amides is 1. The van der Waals surface area contributed by atoms with Crippen LogP contribution in [0.25, 0.3) is 0 Å². The van der Waals surface area contributed by atoms with E-state index in [1.54, 1.807) is 12.1 Å². The average Bonchev–Trinajstić information content (AvgIpc) is 3.07. The Balaban J connectivity index is 1.52. The SMILES string of the molecule is O=C(Nc1nn[nH]n1)c1ccc(OCC2CCCCC2)cc1. The van der Waals surface area contributed by atoms with Crippen LogP contribution in [0.4, 0.5) is 5.95 Å². The summed E-state index contributed by atoms with van der Waals surface area (Å²) in [5, 5.41) is 15.6. The lowest BCUT2D eigenvalue weighted by Gasteiger charge is -2.21. The van der Waals surface area contributed by atoms with E-state index in [-0.39, 0.29) is 11.9 Å². The molecule has 1 heterocycles. The van der Waals surface area contributed by atoms with Gasteiger partial charge in [-0.3, -0.25) is 10.1 Å². The number of ether oxygens (including phenoxy) is 1. The summed E-state index contributed by atoms with van der Waals surface area (Å²) in [6.45, 7) is 0.758. The summed E-state index contributed by atoms with van der Waals surface area (Å²) in [6.07, 6.45) is 6.48. The van der Waals surface area contributed by atoms with E-state index >= 15 is 0 Å². The first kappa shape index (κ1) is 14.5. The highest BCUT2D eigenvalue weighted by Crippen LogP contribution is 2.24. The molecule has 2 aromatic rings. The number of hydrogen-bond donors (Lipinski definition) is 2.